The van der Waals surface area contributed by atoms with Crippen molar-refractivity contribution in [3.63, 3.8) is 0 Å². The lowest BCUT2D eigenvalue weighted by Gasteiger charge is -2.25. The molecule has 1 fully saturated rings. The summed E-state index contributed by atoms with van der Waals surface area (Å²) in [5, 5.41) is 9.40. The van der Waals surface area contributed by atoms with Gasteiger partial charge in [-0.05, 0) is 49.4 Å². The topological polar surface area (TPSA) is 143 Å². The van der Waals surface area contributed by atoms with Crippen molar-refractivity contribution >= 4 is 35.1 Å². The van der Waals surface area contributed by atoms with E-state index in [-0.39, 0.29) is 30.4 Å². The van der Waals surface area contributed by atoms with Crippen LogP contribution >= 0.6 is 0 Å². The monoisotopic (exact) mass is 594 g/mol. The Labute approximate surface area is 238 Å². The van der Waals surface area contributed by atoms with E-state index in [1.54, 1.807) is 13.8 Å². The highest BCUT2D eigenvalue weighted by atomic mass is 19.2. The Bertz CT molecular complexity index is 1360. The van der Waals surface area contributed by atoms with E-state index < -0.39 is 77.1 Å². The number of Topliss-reactive ketones (excluding diaryl/α,β-unsaturated/α-hetero) is 1. The van der Waals surface area contributed by atoms with E-state index in [0.717, 1.165) is 6.07 Å². The molecule has 1 heterocycles. The molecule has 1 aliphatic heterocycles. The maximum absolute atomic E-state index is 14.0. The largest absolute Gasteiger partial charge is 0.480 e. The van der Waals surface area contributed by atoms with E-state index in [0.29, 0.717) is 25.1 Å². The Balaban J connectivity index is 1.74. The van der Waals surface area contributed by atoms with Crippen molar-refractivity contribution in [1.29, 1.82) is 0 Å². The van der Waals surface area contributed by atoms with Crippen molar-refractivity contribution in [1.82, 2.24) is 16.0 Å². The molecule has 0 spiro atoms. The molecule has 42 heavy (non-hydrogen) atoms. The van der Waals surface area contributed by atoms with Crippen LogP contribution in [0.2, 0.25) is 0 Å². The van der Waals surface area contributed by atoms with Gasteiger partial charge < -0.3 is 26.0 Å². The van der Waals surface area contributed by atoms with Gasteiger partial charge in [-0.2, -0.15) is 4.39 Å². The van der Waals surface area contributed by atoms with Crippen LogP contribution in [0.15, 0.2) is 36.4 Å². The molecule has 10 nitrogen and oxygen atoms in total. The molecule has 0 unspecified atom stereocenters. The van der Waals surface area contributed by atoms with Gasteiger partial charge in [0.1, 0.15) is 18.5 Å². The number of hydrogen-bond donors (Lipinski definition) is 4. The first-order chi connectivity index (χ1) is 19.9. The zero-order valence-corrected chi connectivity index (χ0v) is 22.8. The van der Waals surface area contributed by atoms with Crippen molar-refractivity contribution in [3.05, 3.63) is 59.7 Å². The summed E-state index contributed by atoms with van der Waals surface area (Å²) in [5.74, 6) is -11.8. The van der Waals surface area contributed by atoms with Gasteiger partial charge in [-0.3, -0.25) is 24.0 Å². The summed E-state index contributed by atoms with van der Waals surface area (Å²) in [6.07, 6.45) is 0.157. The number of ketones is 1. The third-order valence-electron chi connectivity index (χ3n) is 6.41. The molecule has 2 aromatic rings. The Morgan fingerprint density at radius 3 is 2.26 bits per heavy atom. The van der Waals surface area contributed by atoms with Crippen LogP contribution in [-0.2, 0) is 24.0 Å². The van der Waals surface area contributed by atoms with Gasteiger partial charge in [0.25, 0.3) is 0 Å². The average molecular weight is 595 g/mol. The van der Waals surface area contributed by atoms with Gasteiger partial charge >= 0.3 is 11.8 Å². The van der Waals surface area contributed by atoms with Crippen LogP contribution in [0.5, 0.6) is 5.75 Å². The first-order valence-corrected chi connectivity index (χ1v) is 13.1. The number of carbonyl (C=O) groups is 5. The van der Waals surface area contributed by atoms with E-state index in [1.165, 1.54) is 18.2 Å². The Hall–Kier alpha value is -4.49. The highest BCUT2D eigenvalue weighted by molar-refractivity contribution is 6.40. The Kier molecular flexibility index (Phi) is 11.0. The molecule has 0 radical (unpaired) electrons. The highest BCUT2D eigenvalue weighted by Gasteiger charge is 2.34. The molecule has 0 aliphatic carbocycles. The summed E-state index contributed by atoms with van der Waals surface area (Å²) in [6, 6.07) is 3.54. The normalized spacial score (nSPS) is 15.9. The fraction of sp³-hybridized carbons (Fsp3) is 0.393. The number of ether oxygens (including phenoxy) is 1. The van der Waals surface area contributed by atoms with Gasteiger partial charge in [0.15, 0.2) is 23.2 Å². The Morgan fingerprint density at radius 1 is 0.929 bits per heavy atom. The zero-order chi connectivity index (χ0) is 31.0. The SMILES string of the molecule is CC(C)C[C@H](NC(=O)C(=O)Nc1ccccc1F)C(=O)N[C@@H](C[C@@H]1CCNC1=O)C(=O)COc1c(F)ccc(F)c1F. The van der Waals surface area contributed by atoms with E-state index in [1.807, 2.05) is 0 Å². The van der Waals surface area contributed by atoms with Gasteiger partial charge in [-0.1, -0.05) is 26.0 Å². The Morgan fingerprint density at radius 2 is 1.62 bits per heavy atom. The first-order valence-electron chi connectivity index (χ1n) is 13.1. The van der Waals surface area contributed by atoms with E-state index in [4.69, 9.17) is 4.74 Å². The molecule has 4 N–H and O–H groups in total. The quantitative estimate of drug-likeness (QED) is 0.169. The lowest BCUT2D eigenvalue weighted by Crippen LogP contribution is -2.54. The molecule has 4 amide bonds. The molecule has 0 aromatic heterocycles. The second-order valence-corrected chi connectivity index (χ2v) is 10.1. The average Bonchev–Trinajstić information content (AvgIpc) is 3.34. The standard InChI is InChI=1S/C28H30F4N4O6/c1-14(2)11-21(36-28(41)27(40)34-19-6-4-3-5-16(19)29)26(39)35-20(12-15-9-10-33-25(15)38)22(37)13-42-24-18(31)8-7-17(30)23(24)32/h3-8,14-15,20-21H,9-13H2,1-2H3,(H,33,38)(H,34,40)(H,35,39)(H,36,41)/t15-,20-,21-/m0/s1. The molecule has 0 saturated carbocycles. The van der Waals surface area contributed by atoms with Gasteiger partial charge in [0.2, 0.25) is 17.6 Å². The van der Waals surface area contributed by atoms with E-state index in [2.05, 4.69) is 21.3 Å². The zero-order valence-electron chi connectivity index (χ0n) is 22.8. The number of anilines is 1. The lowest BCUT2D eigenvalue weighted by atomic mass is 9.95. The molecule has 3 rings (SSSR count). The van der Waals surface area contributed by atoms with Crippen LogP contribution in [0.4, 0.5) is 23.2 Å². The molecule has 1 saturated heterocycles. The minimum Gasteiger partial charge on any atom is -0.480 e. The van der Waals surface area contributed by atoms with Gasteiger partial charge in [0, 0.05) is 12.5 Å². The van der Waals surface area contributed by atoms with Crippen molar-refractivity contribution in [2.24, 2.45) is 11.8 Å². The lowest BCUT2D eigenvalue weighted by molar-refractivity contribution is -0.138. The van der Waals surface area contributed by atoms with E-state index in [9.17, 15) is 41.5 Å². The minimum absolute atomic E-state index is 0.0194. The number of hydrogen-bond acceptors (Lipinski definition) is 6. The fourth-order valence-electron chi connectivity index (χ4n) is 4.25. The maximum atomic E-state index is 14.0. The first kappa shape index (κ1) is 32.0. The van der Waals surface area contributed by atoms with E-state index >= 15 is 0 Å². The number of benzene rings is 2. The van der Waals surface area contributed by atoms with Crippen LogP contribution in [0, 0.1) is 35.1 Å². The summed E-state index contributed by atoms with van der Waals surface area (Å²) in [4.78, 5) is 63.5. The predicted molar refractivity (Wildman–Crippen MR) is 141 cm³/mol. The number of halogens is 4. The summed E-state index contributed by atoms with van der Waals surface area (Å²) in [5.41, 5.74) is -0.255. The van der Waals surface area contributed by atoms with Crippen LogP contribution in [0.3, 0.4) is 0 Å². The molecular weight excluding hydrogens is 564 g/mol. The number of amides is 4. The van der Waals surface area contributed by atoms with Crippen molar-refractivity contribution in [2.45, 2.75) is 45.2 Å². The molecule has 226 valence electrons. The van der Waals surface area contributed by atoms with Gasteiger partial charge in [-0.25, -0.2) is 13.2 Å². The number of rotatable bonds is 12. The van der Waals surface area contributed by atoms with Crippen LogP contribution in [0.1, 0.15) is 33.1 Å². The summed E-state index contributed by atoms with van der Waals surface area (Å²) < 4.78 is 60.3. The van der Waals surface area contributed by atoms with Crippen molar-refractivity contribution in [2.75, 3.05) is 18.5 Å². The summed E-state index contributed by atoms with van der Waals surface area (Å²) >= 11 is 0. The highest BCUT2D eigenvalue weighted by Crippen LogP contribution is 2.24. The van der Waals surface area contributed by atoms with Crippen molar-refractivity contribution in [3.8, 4) is 5.75 Å². The number of para-hydroxylation sites is 1. The van der Waals surface area contributed by atoms with Crippen LogP contribution in [-0.4, -0.2) is 54.6 Å². The third kappa shape index (κ3) is 8.51. The predicted octanol–water partition coefficient (Wildman–Crippen LogP) is 2.37. The summed E-state index contributed by atoms with van der Waals surface area (Å²) in [6.45, 7) is 2.81. The molecule has 1 aliphatic rings. The minimum atomic E-state index is -1.65. The fourth-order valence-corrected chi connectivity index (χ4v) is 4.25. The number of nitrogens with one attached hydrogen (secondary N) is 4. The van der Waals surface area contributed by atoms with Crippen molar-refractivity contribution < 1.29 is 46.3 Å². The van der Waals surface area contributed by atoms with Crippen LogP contribution in [0.25, 0.3) is 0 Å². The smallest absolute Gasteiger partial charge is 0.313 e. The molecule has 2 aromatic carbocycles. The maximum Gasteiger partial charge on any atom is 0.313 e. The van der Waals surface area contributed by atoms with Gasteiger partial charge in [0.05, 0.1) is 11.7 Å². The van der Waals surface area contributed by atoms with Gasteiger partial charge in [-0.15, -0.1) is 0 Å². The van der Waals surface area contributed by atoms with Crippen LogP contribution < -0.4 is 26.0 Å². The molecule has 0 bridgehead atoms. The third-order valence-corrected chi connectivity index (χ3v) is 6.41. The second-order valence-electron chi connectivity index (χ2n) is 10.1. The molecular formula is C28H30F4N4O6. The molecule has 3 atom stereocenters. The second kappa shape index (κ2) is 14.4. The summed E-state index contributed by atoms with van der Waals surface area (Å²) in [7, 11) is 0. The number of carbonyl (C=O) groups excluding carboxylic acids is 5. The molecule has 14 heteroatoms.